The molecule has 0 bridgehead atoms. The average molecular weight is 925 g/mol. The second kappa shape index (κ2) is 20.1. The molecule has 5 aromatic rings. The quantitative estimate of drug-likeness (QED) is 0.0806. The summed E-state index contributed by atoms with van der Waals surface area (Å²) in [6, 6.07) is 13.0. The maximum Gasteiger partial charge on any atom is 0.308 e. The van der Waals surface area contributed by atoms with E-state index in [2.05, 4.69) is 39.7 Å². The van der Waals surface area contributed by atoms with Gasteiger partial charge >= 0.3 is 5.97 Å². The molecule has 1 fully saturated rings. The number of hydrogen-bond acceptors (Lipinski definition) is 14. The lowest BCUT2D eigenvalue weighted by molar-refractivity contribution is -0.144. The second-order valence-electron chi connectivity index (χ2n) is 17.4. The summed E-state index contributed by atoms with van der Waals surface area (Å²) in [5.74, 6) is 0.243. The van der Waals surface area contributed by atoms with E-state index < -0.39 is 47.4 Å². The van der Waals surface area contributed by atoms with E-state index in [1.165, 1.54) is 12.0 Å². The molecule has 3 aromatic heterocycles. The molecule has 344 valence electrons. The van der Waals surface area contributed by atoms with Crippen LogP contribution in [0.25, 0.3) is 15.4 Å². The number of aliphatic imine (C=N–C) groups is 1. The highest BCUT2D eigenvalue weighted by atomic mass is 32.1. The van der Waals surface area contributed by atoms with Crippen LogP contribution in [-0.4, -0.2) is 111 Å². The number of nitrogens with zero attached hydrogens (tertiary/aromatic N) is 6. The number of thiophene rings is 1. The minimum absolute atomic E-state index is 0.0161. The van der Waals surface area contributed by atoms with Gasteiger partial charge in [-0.25, -0.2) is 4.98 Å². The van der Waals surface area contributed by atoms with Gasteiger partial charge in [-0.15, -0.1) is 32.9 Å². The van der Waals surface area contributed by atoms with Gasteiger partial charge in [0, 0.05) is 41.9 Å². The number of ether oxygens (including phenoxy) is 3. The molecule has 0 unspecified atom stereocenters. The third kappa shape index (κ3) is 10.7. The molecular weight excluding hydrogens is 869 g/mol. The first-order chi connectivity index (χ1) is 31.0. The van der Waals surface area contributed by atoms with E-state index >= 15 is 0 Å². The predicted octanol–water partition coefficient (Wildman–Crippen LogP) is 5.74. The third-order valence-corrected chi connectivity index (χ3v) is 13.8. The molecule has 0 saturated carbocycles. The fraction of sp³-hybridized carbons (Fsp3) is 0.447. The minimum atomic E-state index is -0.973. The fourth-order valence-electron chi connectivity index (χ4n) is 7.97. The van der Waals surface area contributed by atoms with Gasteiger partial charge in [-0.1, -0.05) is 45.0 Å². The van der Waals surface area contributed by atoms with Crippen LogP contribution in [0.2, 0.25) is 0 Å². The van der Waals surface area contributed by atoms with Crippen molar-refractivity contribution in [3.63, 3.8) is 0 Å². The van der Waals surface area contributed by atoms with Gasteiger partial charge in [0.15, 0.2) is 5.82 Å². The van der Waals surface area contributed by atoms with Crippen molar-refractivity contribution >= 4 is 52.1 Å². The standard InChI is InChI=1S/C47H56N8O8S2/c1-26-28(3)65-46-39(26)40(50-35(21-38(58)61-8)43-53-52-29(4)55(43)46)31-14-16-34(17-15-31)63-19-9-18-62-24-37(57)51-42(47(5,6)7)45(60)54-23-33(56)20-36(54)44(59)48-22-30-10-12-32(13-11-30)41-27(2)49-25-64-41/h10-17,25,33,35-36,42,56H,9,18-24H2,1-8H3,(H,48,59)(H,51,57)/t33-,35+,36+,42-/m1/s1. The number of benzene rings is 2. The van der Waals surface area contributed by atoms with Crippen molar-refractivity contribution in [3.05, 3.63) is 98.5 Å². The number of thiazole rings is 1. The Balaban J connectivity index is 0.896. The molecule has 1 saturated heterocycles. The Morgan fingerprint density at radius 1 is 0.969 bits per heavy atom. The van der Waals surface area contributed by atoms with E-state index in [0.717, 1.165) is 54.0 Å². The van der Waals surface area contributed by atoms with Gasteiger partial charge in [0.2, 0.25) is 17.7 Å². The first-order valence-corrected chi connectivity index (χ1v) is 23.3. The second-order valence-corrected chi connectivity index (χ2v) is 19.5. The number of hydrogen-bond donors (Lipinski definition) is 3. The Morgan fingerprint density at radius 3 is 2.37 bits per heavy atom. The molecule has 2 aromatic carbocycles. The number of aliphatic hydroxyl groups is 1. The fourth-order valence-corrected chi connectivity index (χ4v) is 10.00. The van der Waals surface area contributed by atoms with Gasteiger partial charge in [0.05, 0.1) is 54.6 Å². The summed E-state index contributed by atoms with van der Waals surface area (Å²) >= 11 is 3.21. The summed E-state index contributed by atoms with van der Waals surface area (Å²) < 4.78 is 18.7. The van der Waals surface area contributed by atoms with Gasteiger partial charge in [-0.2, -0.15) is 0 Å². The zero-order valence-corrected chi connectivity index (χ0v) is 39.6. The number of aromatic nitrogens is 4. The summed E-state index contributed by atoms with van der Waals surface area (Å²) in [5.41, 5.74) is 7.66. The Morgan fingerprint density at radius 2 is 1.69 bits per heavy atom. The van der Waals surface area contributed by atoms with Crippen molar-refractivity contribution in [2.24, 2.45) is 10.4 Å². The first kappa shape index (κ1) is 47.2. The normalized spacial score (nSPS) is 17.4. The van der Waals surface area contributed by atoms with Crippen LogP contribution in [0.3, 0.4) is 0 Å². The van der Waals surface area contributed by atoms with Gasteiger partial charge in [-0.3, -0.25) is 28.7 Å². The Labute approximate surface area is 386 Å². The van der Waals surface area contributed by atoms with Crippen LogP contribution in [0.1, 0.15) is 90.5 Å². The van der Waals surface area contributed by atoms with Crippen LogP contribution in [0.5, 0.6) is 5.75 Å². The van der Waals surface area contributed by atoms with Crippen LogP contribution in [0.4, 0.5) is 0 Å². The Bertz CT molecular complexity index is 2560. The number of aryl methyl sites for hydroxylation is 3. The molecule has 7 rings (SSSR count). The number of amides is 3. The maximum atomic E-state index is 14.0. The van der Waals surface area contributed by atoms with Crippen molar-refractivity contribution in [3.8, 4) is 21.2 Å². The lowest BCUT2D eigenvalue weighted by Gasteiger charge is -2.35. The zero-order chi connectivity index (χ0) is 46.6. The Kier molecular flexibility index (Phi) is 14.6. The number of likely N-dealkylation sites (tertiary alicyclic amines) is 1. The summed E-state index contributed by atoms with van der Waals surface area (Å²) in [4.78, 5) is 66.1. The lowest BCUT2D eigenvalue weighted by Crippen LogP contribution is -2.58. The van der Waals surface area contributed by atoms with Crippen LogP contribution < -0.4 is 15.4 Å². The zero-order valence-electron chi connectivity index (χ0n) is 38.0. The van der Waals surface area contributed by atoms with Crippen molar-refractivity contribution in [2.45, 2.75) is 98.5 Å². The van der Waals surface area contributed by atoms with Gasteiger partial charge < -0.3 is 34.9 Å². The number of esters is 1. The molecule has 0 spiro atoms. The molecule has 4 atom stereocenters. The van der Waals surface area contributed by atoms with Crippen LogP contribution >= 0.6 is 22.7 Å². The van der Waals surface area contributed by atoms with Crippen molar-refractivity contribution in [2.75, 3.05) is 33.5 Å². The molecule has 2 aliphatic heterocycles. The topological polar surface area (TPSA) is 199 Å². The number of carbonyl (C=O) groups excluding carboxylic acids is 4. The number of nitrogens with one attached hydrogen (secondary N) is 2. The number of methoxy groups -OCH3 is 1. The molecule has 65 heavy (non-hydrogen) atoms. The monoisotopic (exact) mass is 924 g/mol. The molecule has 0 aliphatic carbocycles. The van der Waals surface area contributed by atoms with E-state index in [1.54, 1.807) is 22.7 Å². The smallest absolute Gasteiger partial charge is 0.308 e. The largest absolute Gasteiger partial charge is 0.494 e. The van der Waals surface area contributed by atoms with E-state index in [1.807, 2.05) is 93.2 Å². The molecule has 0 radical (unpaired) electrons. The summed E-state index contributed by atoms with van der Waals surface area (Å²) in [5, 5.41) is 26.0. The van der Waals surface area contributed by atoms with E-state index in [4.69, 9.17) is 19.2 Å². The summed E-state index contributed by atoms with van der Waals surface area (Å²) in [6.45, 7) is 14.0. The number of aliphatic hydroxyl groups excluding tert-OH is 1. The number of rotatable bonds is 16. The van der Waals surface area contributed by atoms with E-state index in [-0.39, 0.29) is 45.1 Å². The molecule has 5 heterocycles. The number of β-amino-alcohol motifs (C(OH)–C–C–N with tert-alkyl or cyclic N) is 1. The van der Waals surface area contributed by atoms with E-state index in [9.17, 15) is 24.3 Å². The summed E-state index contributed by atoms with van der Waals surface area (Å²) in [7, 11) is 1.36. The van der Waals surface area contributed by atoms with Crippen LogP contribution in [0, 0.1) is 33.1 Å². The average Bonchev–Trinajstić information content (AvgIpc) is 4.05. The summed E-state index contributed by atoms with van der Waals surface area (Å²) in [6.07, 6.45) is -0.276. The van der Waals surface area contributed by atoms with Crippen molar-refractivity contribution < 1.29 is 38.5 Å². The third-order valence-electron chi connectivity index (χ3n) is 11.6. The highest BCUT2D eigenvalue weighted by Gasteiger charge is 2.44. The van der Waals surface area contributed by atoms with Gasteiger partial charge in [-0.05, 0) is 74.1 Å². The molecule has 3 N–H and O–H groups in total. The van der Waals surface area contributed by atoms with Crippen LogP contribution in [0.15, 0.2) is 59.0 Å². The maximum absolute atomic E-state index is 14.0. The van der Waals surface area contributed by atoms with E-state index in [0.29, 0.717) is 30.4 Å². The number of carbonyl (C=O) groups is 4. The highest BCUT2D eigenvalue weighted by molar-refractivity contribution is 7.15. The molecule has 3 amide bonds. The first-order valence-electron chi connectivity index (χ1n) is 21.6. The minimum Gasteiger partial charge on any atom is -0.494 e. The molecule has 2 aliphatic rings. The molecule has 18 heteroatoms. The number of fused-ring (bicyclic) bond motifs is 3. The molecular formula is C47H56N8O8S2. The lowest BCUT2D eigenvalue weighted by atomic mass is 9.85. The van der Waals surface area contributed by atoms with Crippen LogP contribution in [-0.2, 0) is 35.2 Å². The van der Waals surface area contributed by atoms with Crippen molar-refractivity contribution in [1.82, 2.24) is 35.3 Å². The highest BCUT2D eigenvalue weighted by Crippen LogP contribution is 2.40. The SMILES string of the molecule is COC(=O)C[C@@H]1N=C(c2ccc(OCCCOCC(=O)N[C@H](C(=O)N3C[C@H](O)C[C@H]3C(=O)NCc3ccc(-c4scnc4C)cc3)C(C)(C)C)cc2)c2c(sc(C)c2C)-n2c(C)nnc21. The molecule has 16 nitrogen and oxygen atoms in total. The van der Waals surface area contributed by atoms with Crippen molar-refractivity contribution in [1.29, 1.82) is 0 Å². The van der Waals surface area contributed by atoms with Gasteiger partial charge in [0.25, 0.3) is 0 Å². The predicted molar refractivity (Wildman–Crippen MR) is 247 cm³/mol. The Hall–Kier alpha value is -5.82. The van der Waals surface area contributed by atoms with Gasteiger partial charge in [0.1, 0.15) is 41.3 Å².